The molecule has 0 amide bonds. The summed E-state index contributed by atoms with van der Waals surface area (Å²) in [4.78, 5) is 27.9. The van der Waals surface area contributed by atoms with Gasteiger partial charge in [0.05, 0.1) is 17.6 Å². The molecule has 4 aromatic rings. The van der Waals surface area contributed by atoms with Crippen molar-refractivity contribution in [2.75, 3.05) is 6.61 Å². The number of para-hydroxylation sites is 1. The summed E-state index contributed by atoms with van der Waals surface area (Å²) in [5.74, 6) is -0.493. The minimum Gasteiger partial charge on any atom is -0.462 e. The highest BCUT2D eigenvalue weighted by molar-refractivity contribution is 6.10. The molecule has 124 valence electrons. The molecule has 25 heavy (non-hydrogen) atoms. The maximum atomic E-state index is 12.7. The van der Waals surface area contributed by atoms with Gasteiger partial charge in [-0.15, -0.1) is 0 Å². The Morgan fingerprint density at radius 1 is 1.12 bits per heavy atom. The summed E-state index contributed by atoms with van der Waals surface area (Å²) in [6.45, 7) is 1.99. The molecule has 0 spiro atoms. The summed E-state index contributed by atoms with van der Waals surface area (Å²) in [5.41, 5.74) is 2.18. The number of carbonyl (C=O) groups is 1. The Morgan fingerprint density at radius 3 is 2.60 bits per heavy atom. The highest BCUT2D eigenvalue weighted by Gasteiger charge is 2.25. The molecule has 0 radical (unpaired) electrons. The molecule has 2 aromatic heterocycles. The Labute approximate surface area is 142 Å². The third-order valence-corrected chi connectivity index (χ3v) is 4.03. The summed E-state index contributed by atoms with van der Waals surface area (Å²) in [6, 6.07) is 16.6. The van der Waals surface area contributed by atoms with Crippen LogP contribution < -0.4 is 5.69 Å². The van der Waals surface area contributed by atoms with Gasteiger partial charge in [-0.3, -0.25) is 0 Å². The molecule has 0 bridgehead atoms. The molecule has 0 fully saturated rings. The number of rotatable bonds is 3. The largest absolute Gasteiger partial charge is 0.462 e. The fraction of sp³-hybridized carbons (Fsp3) is 0.105. The van der Waals surface area contributed by atoms with Gasteiger partial charge in [-0.2, -0.15) is 9.61 Å². The monoisotopic (exact) mass is 333 g/mol. The van der Waals surface area contributed by atoms with E-state index in [1.54, 1.807) is 13.0 Å². The van der Waals surface area contributed by atoms with Gasteiger partial charge < -0.3 is 9.72 Å². The predicted molar refractivity (Wildman–Crippen MR) is 94.7 cm³/mol. The number of nitrogens with one attached hydrogen (secondary N) is 1. The van der Waals surface area contributed by atoms with E-state index in [1.165, 1.54) is 4.52 Å². The second-order valence-corrected chi connectivity index (χ2v) is 5.55. The standard InChI is InChI=1S/C19H15N3O3/c1-2-25-18(23)15-16(12-8-4-3-5-9-12)21-22-17(15)13-10-6-7-11-14(13)20-19(22)24/h3-11H,2H2,1H3,(H,20,24). The van der Waals surface area contributed by atoms with E-state index >= 15 is 0 Å². The van der Waals surface area contributed by atoms with E-state index in [1.807, 2.05) is 48.5 Å². The Hall–Kier alpha value is -3.41. The van der Waals surface area contributed by atoms with Crippen molar-refractivity contribution in [1.29, 1.82) is 0 Å². The molecule has 0 aliphatic rings. The Kier molecular flexibility index (Phi) is 3.57. The highest BCUT2D eigenvalue weighted by Crippen LogP contribution is 2.29. The third-order valence-electron chi connectivity index (χ3n) is 4.03. The number of benzene rings is 2. The number of hydrogen-bond acceptors (Lipinski definition) is 4. The molecule has 0 aliphatic carbocycles. The fourth-order valence-electron chi connectivity index (χ4n) is 2.98. The van der Waals surface area contributed by atoms with E-state index < -0.39 is 11.7 Å². The Bertz CT molecular complexity index is 1140. The van der Waals surface area contributed by atoms with Crippen molar-refractivity contribution in [3.63, 3.8) is 0 Å². The number of esters is 1. The van der Waals surface area contributed by atoms with Gasteiger partial charge in [0, 0.05) is 10.9 Å². The molecule has 2 aromatic carbocycles. The second-order valence-electron chi connectivity index (χ2n) is 5.55. The van der Waals surface area contributed by atoms with Crippen molar-refractivity contribution in [2.24, 2.45) is 0 Å². The lowest BCUT2D eigenvalue weighted by molar-refractivity contribution is 0.0529. The number of H-pyrrole nitrogens is 1. The van der Waals surface area contributed by atoms with Crippen LogP contribution in [0.2, 0.25) is 0 Å². The highest BCUT2D eigenvalue weighted by atomic mass is 16.5. The quantitative estimate of drug-likeness (QED) is 0.585. The summed E-state index contributed by atoms with van der Waals surface area (Å²) >= 11 is 0. The van der Waals surface area contributed by atoms with E-state index in [2.05, 4.69) is 10.1 Å². The van der Waals surface area contributed by atoms with Gasteiger partial charge in [0.25, 0.3) is 0 Å². The summed E-state index contributed by atoms with van der Waals surface area (Å²) in [6.07, 6.45) is 0. The van der Waals surface area contributed by atoms with Gasteiger partial charge in [-0.1, -0.05) is 48.5 Å². The number of ether oxygens (including phenoxy) is 1. The number of hydrogen-bond donors (Lipinski definition) is 1. The number of fused-ring (bicyclic) bond motifs is 3. The normalized spacial score (nSPS) is 11.1. The molecule has 0 unspecified atom stereocenters. The summed E-state index contributed by atoms with van der Waals surface area (Å²) in [5, 5.41) is 5.14. The second kappa shape index (κ2) is 5.90. The van der Waals surface area contributed by atoms with Crippen molar-refractivity contribution < 1.29 is 9.53 Å². The SMILES string of the molecule is CCOC(=O)c1c(-c2ccccc2)nn2c(=O)[nH]c3ccccc3c12. The van der Waals surface area contributed by atoms with Crippen LogP contribution in [-0.2, 0) is 4.74 Å². The molecule has 0 saturated carbocycles. The number of carbonyl (C=O) groups excluding carboxylic acids is 1. The Morgan fingerprint density at radius 2 is 1.84 bits per heavy atom. The lowest BCUT2D eigenvalue weighted by Gasteiger charge is -2.05. The first-order valence-corrected chi connectivity index (χ1v) is 7.97. The van der Waals surface area contributed by atoms with Crippen molar-refractivity contribution >= 4 is 22.4 Å². The molecule has 1 N–H and O–H groups in total. The van der Waals surface area contributed by atoms with E-state index in [-0.39, 0.29) is 6.61 Å². The number of nitrogens with zero attached hydrogens (tertiary/aromatic N) is 2. The maximum absolute atomic E-state index is 12.7. The van der Waals surface area contributed by atoms with E-state index in [0.29, 0.717) is 22.3 Å². The van der Waals surface area contributed by atoms with Gasteiger partial charge >= 0.3 is 11.7 Å². The van der Waals surface area contributed by atoms with Gasteiger partial charge in [-0.25, -0.2) is 9.59 Å². The first-order chi connectivity index (χ1) is 12.2. The van der Waals surface area contributed by atoms with Crippen molar-refractivity contribution in [1.82, 2.24) is 14.6 Å². The zero-order valence-corrected chi connectivity index (χ0v) is 13.5. The minimum absolute atomic E-state index is 0.242. The van der Waals surface area contributed by atoms with Crippen LogP contribution in [0.1, 0.15) is 17.3 Å². The average molecular weight is 333 g/mol. The van der Waals surface area contributed by atoms with E-state index in [4.69, 9.17) is 4.74 Å². The number of aromatic amines is 1. The van der Waals surface area contributed by atoms with Crippen molar-refractivity contribution in [3.05, 3.63) is 70.6 Å². The van der Waals surface area contributed by atoms with Gasteiger partial charge in [0.15, 0.2) is 0 Å². The van der Waals surface area contributed by atoms with Crippen LogP contribution >= 0.6 is 0 Å². The zero-order chi connectivity index (χ0) is 17.4. The fourth-order valence-corrected chi connectivity index (χ4v) is 2.98. The molecule has 6 nitrogen and oxygen atoms in total. The topological polar surface area (TPSA) is 76.5 Å². The zero-order valence-electron chi connectivity index (χ0n) is 13.5. The molecule has 0 atom stereocenters. The maximum Gasteiger partial charge on any atom is 0.347 e. The average Bonchev–Trinajstić information content (AvgIpc) is 3.04. The van der Waals surface area contributed by atoms with Crippen LogP contribution in [0.15, 0.2) is 59.4 Å². The van der Waals surface area contributed by atoms with Crippen LogP contribution in [0.5, 0.6) is 0 Å². The molecule has 0 saturated heterocycles. The molecule has 2 heterocycles. The lowest BCUT2D eigenvalue weighted by Crippen LogP contribution is -2.17. The van der Waals surface area contributed by atoms with Crippen LogP contribution in [-0.4, -0.2) is 27.2 Å². The molecule has 0 aliphatic heterocycles. The molecular weight excluding hydrogens is 318 g/mol. The van der Waals surface area contributed by atoms with E-state index in [9.17, 15) is 9.59 Å². The van der Waals surface area contributed by atoms with Crippen LogP contribution in [0.25, 0.3) is 27.7 Å². The van der Waals surface area contributed by atoms with Crippen LogP contribution in [0.4, 0.5) is 0 Å². The molecule has 6 heteroatoms. The summed E-state index contributed by atoms with van der Waals surface area (Å²) in [7, 11) is 0. The predicted octanol–water partition coefficient (Wildman–Crippen LogP) is 3.02. The Balaban J connectivity index is 2.18. The first kappa shape index (κ1) is 15.1. The number of aromatic nitrogens is 3. The third kappa shape index (κ3) is 2.39. The van der Waals surface area contributed by atoms with Gasteiger partial charge in [-0.05, 0) is 13.0 Å². The van der Waals surface area contributed by atoms with Crippen molar-refractivity contribution in [3.8, 4) is 11.3 Å². The van der Waals surface area contributed by atoms with E-state index in [0.717, 1.165) is 10.9 Å². The molecule has 4 rings (SSSR count). The summed E-state index contributed by atoms with van der Waals surface area (Å²) < 4.78 is 6.47. The first-order valence-electron chi connectivity index (χ1n) is 7.97. The van der Waals surface area contributed by atoms with Gasteiger partial charge in [0.2, 0.25) is 0 Å². The lowest BCUT2D eigenvalue weighted by atomic mass is 10.0. The van der Waals surface area contributed by atoms with Crippen molar-refractivity contribution in [2.45, 2.75) is 6.92 Å². The van der Waals surface area contributed by atoms with Gasteiger partial charge in [0.1, 0.15) is 11.3 Å². The minimum atomic E-state index is -0.493. The smallest absolute Gasteiger partial charge is 0.347 e. The van der Waals surface area contributed by atoms with Crippen LogP contribution in [0.3, 0.4) is 0 Å². The molecular formula is C19H15N3O3. The van der Waals surface area contributed by atoms with Crippen LogP contribution in [0, 0.1) is 0 Å².